The van der Waals surface area contributed by atoms with Crippen LogP contribution < -0.4 is 5.32 Å². The van der Waals surface area contributed by atoms with Gasteiger partial charge in [0.05, 0.1) is 0 Å². The maximum absolute atomic E-state index is 12.6. The Hall–Kier alpha value is -3.81. The maximum Gasteiger partial charge on any atom is 0.269 e. The van der Waals surface area contributed by atoms with Crippen molar-refractivity contribution in [3.8, 4) is 11.3 Å². The number of rotatable bonds is 7. The molecule has 32 heavy (non-hydrogen) atoms. The van der Waals surface area contributed by atoms with Gasteiger partial charge in [0.15, 0.2) is 5.78 Å². The van der Waals surface area contributed by atoms with Gasteiger partial charge in [-0.25, -0.2) is 4.98 Å². The molecular weight excluding hydrogens is 404 g/mol. The van der Waals surface area contributed by atoms with E-state index in [9.17, 15) is 9.59 Å². The fraction of sp³-hybridized carbons (Fsp3) is 0.292. The molecule has 8 heteroatoms. The summed E-state index contributed by atoms with van der Waals surface area (Å²) < 4.78 is 0. The molecule has 4 heterocycles. The van der Waals surface area contributed by atoms with Crippen LogP contribution in [0.25, 0.3) is 22.3 Å². The summed E-state index contributed by atoms with van der Waals surface area (Å²) in [7, 11) is 0. The minimum Gasteiger partial charge on any atom is -0.350 e. The monoisotopic (exact) mass is 430 g/mol. The number of nitrogens with one attached hydrogen (secondary N) is 3. The van der Waals surface area contributed by atoms with Crippen LogP contribution in [0.5, 0.6) is 0 Å². The minimum absolute atomic E-state index is 0.0463. The Labute approximate surface area is 185 Å². The Morgan fingerprint density at radius 2 is 1.94 bits per heavy atom. The zero-order valence-corrected chi connectivity index (χ0v) is 18.6. The van der Waals surface area contributed by atoms with E-state index in [1.807, 2.05) is 45.9 Å². The van der Waals surface area contributed by atoms with Crippen molar-refractivity contribution >= 4 is 22.7 Å². The molecule has 0 spiro atoms. The van der Waals surface area contributed by atoms with E-state index in [4.69, 9.17) is 0 Å². The van der Waals surface area contributed by atoms with Gasteiger partial charge in [-0.2, -0.15) is 5.10 Å². The van der Waals surface area contributed by atoms with Crippen molar-refractivity contribution < 1.29 is 9.59 Å². The quantitative estimate of drug-likeness (QED) is 0.386. The van der Waals surface area contributed by atoms with Gasteiger partial charge >= 0.3 is 0 Å². The number of carbonyl (C=O) groups is 2. The Morgan fingerprint density at radius 3 is 2.66 bits per heavy atom. The minimum atomic E-state index is -0.195. The van der Waals surface area contributed by atoms with Crippen LogP contribution >= 0.6 is 0 Å². The molecule has 0 aliphatic heterocycles. The smallest absolute Gasteiger partial charge is 0.269 e. The molecule has 0 bridgehead atoms. The summed E-state index contributed by atoms with van der Waals surface area (Å²) in [5.74, 6) is 0.124. The predicted octanol–water partition coefficient (Wildman–Crippen LogP) is 3.78. The van der Waals surface area contributed by atoms with Crippen molar-refractivity contribution in [3.63, 3.8) is 0 Å². The third-order valence-corrected chi connectivity index (χ3v) is 5.38. The number of hydrogen-bond donors (Lipinski definition) is 3. The first-order chi connectivity index (χ1) is 15.3. The molecule has 4 aromatic rings. The number of fused-ring (bicyclic) bond motifs is 1. The first-order valence-corrected chi connectivity index (χ1v) is 10.6. The summed E-state index contributed by atoms with van der Waals surface area (Å²) >= 11 is 0. The molecule has 0 saturated carbocycles. The number of hydrogen-bond acceptors (Lipinski definition) is 5. The van der Waals surface area contributed by atoms with Crippen LogP contribution in [0, 0.1) is 19.8 Å². The van der Waals surface area contributed by atoms with Crippen molar-refractivity contribution in [1.29, 1.82) is 0 Å². The molecule has 0 aliphatic rings. The van der Waals surface area contributed by atoms with E-state index in [0.29, 0.717) is 29.5 Å². The average Bonchev–Trinajstić information content (AvgIpc) is 3.35. The molecule has 4 aromatic heterocycles. The number of H-pyrrole nitrogens is 2. The van der Waals surface area contributed by atoms with Crippen molar-refractivity contribution in [1.82, 2.24) is 30.5 Å². The van der Waals surface area contributed by atoms with Gasteiger partial charge in [-0.05, 0) is 49.6 Å². The number of Topliss-reactive ketones (excluding diaryl/α,β-unsaturated/α-hetero) is 1. The summed E-state index contributed by atoms with van der Waals surface area (Å²) in [5.41, 5.74) is 5.80. The second-order valence-corrected chi connectivity index (χ2v) is 8.42. The largest absolute Gasteiger partial charge is 0.350 e. The number of aromatic nitrogens is 5. The zero-order chi connectivity index (χ0) is 22.8. The summed E-state index contributed by atoms with van der Waals surface area (Å²) in [6, 6.07) is 7.52. The van der Waals surface area contributed by atoms with Gasteiger partial charge in [-0.1, -0.05) is 13.8 Å². The van der Waals surface area contributed by atoms with E-state index in [2.05, 4.69) is 30.5 Å². The topological polar surface area (TPSA) is 116 Å². The summed E-state index contributed by atoms with van der Waals surface area (Å²) in [6.45, 7) is 8.46. The molecule has 4 rings (SSSR count). The van der Waals surface area contributed by atoms with E-state index in [0.717, 1.165) is 33.5 Å². The van der Waals surface area contributed by atoms with Crippen molar-refractivity contribution in [2.24, 2.45) is 5.92 Å². The van der Waals surface area contributed by atoms with Crippen molar-refractivity contribution in [2.75, 3.05) is 6.54 Å². The van der Waals surface area contributed by atoms with Crippen LogP contribution in [0.3, 0.4) is 0 Å². The fourth-order valence-electron chi connectivity index (χ4n) is 3.45. The lowest BCUT2D eigenvalue weighted by atomic mass is 10.0. The van der Waals surface area contributed by atoms with Crippen LogP contribution in [0.15, 0.2) is 36.7 Å². The Kier molecular flexibility index (Phi) is 5.85. The standard InChI is InChI=1S/C24H26N6O2/c1-13(2)11-27-24(32)20-9-17(5-6-25-20)19-10-18-7-16(12-26-23(18)28-19)8-21(31)22-14(3)15(4)29-30-22/h5-7,9-10,12-13H,8,11H2,1-4H3,(H,26,28)(H,27,32)(H,29,30). The highest BCUT2D eigenvalue weighted by Gasteiger charge is 2.16. The third-order valence-electron chi connectivity index (χ3n) is 5.38. The molecule has 0 fully saturated rings. The highest BCUT2D eigenvalue weighted by molar-refractivity contribution is 5.97. The molecule has 0 aromatic carbocycles. The number of aromatic amines is 2. The molecule has 0 atom stereocenters. The molecule has 0 saturated heterocycles. The van der Waals surface area contributed by atoms with E-state index < -0.39 is 0 Å². The Morgan fingerprint density at radius 1 is 1.12 bits per heavy atom. The lowest BCUT2D eigenvalue weighted by Gasteiger charge is -2.07. The van der Waals surface area contributed by atoms with E-state index in [-0.39, 0.29) is 18.1 Å². The van der Waals surface area contributed by atoms with Crippen LogP contribution in [0.4, 0.5) is 0 Å². The number of ketones is 1. The Balaban J connectivity index is 1.56. The molecule has 0 aliphatic carbocycles. The van der Waals surface area contributed by atoms with Crippen LogP contribution in [0.1, 0.15) is 51.6 Å². The highest BCUT2D eigenvalue weighted by atomic mass is 16.2. The third kappa shape index (κ3) is 4.44. The fourth-order valence-corrected chi connectivity index (χ4v) is 3.45. The number of aryl methyl sites for hydroxylation is 1. The Bertz CT molecular complexity index is 1300. The van der Waals surface area contributed by atoms with Crippen molar-refractivity contribution in [3.05, 3.63) is 64.9 Å². The summed E-state index contributed by atoms with van der Waals surface area (Å²) in [5, 5.41) is 10.8. The van der Waals surface area contributed by atoms with Crippen molar-refractivity contribution in [2.45, 2.75) is 34.1 Å². The molecule has 1 amide bonds. The van der Waals surface area contributed by atoms with Gasteiger partial charge in [-0.3, -0.25) is 19.7 Å². The van der Waals surface area contributed by atoms with Crippen LogP contribution in [-0.2, 0) is 6.42 Å². The summed E-state index contributed by atoms with van der Waals surface area (Å²) in [4.78, 5) is 37.0. The molecule has 164 valence electrons. The molecule has 0 radical (unpaired) electrons. The van der Waals surface area contributed by atoms with Gasteiger partial charge in [0, 0.05) is 53.3 Å². The first-order valence-electron chi connectivity index (χ1n) is 10.6. The number of amides is 1. The molecule has 3 N–H and O–H groups in total. The van der Waals surface area contributed by atoms with E-state index in [1.54, 1.807) is 18.5 Å². The predicted molar refractivity (Wildman–Crippen MR) is 123 cm³/mol. The SMILES string of the molecule is Cc1[nH]nc(C(=O)Cc2cnc3[nH]c(-c4ccnc(C(=O)NCC(C)C)c4)cc3c2)c1C. The maximum atomic E-state index is 12.6. The van der Waals surface area contributed by atoms with E-state index >= 15 is 0 Å². The zero-order valence-electron chi connectivity index (χ0n) is 18.6. The molecule has 8 nitrogen and oxygen atoms in total. The average molecular weight is 431 g/mol. The van der Waals surface area contributed by atoms with Crippen LogP contribution in [0.2, 0.25) is 0 Å². The summed E-state index contributed by atoms with van der Waals surface area (Å²) in [6.07, 6.45) is 3.55. The van der Waals surface area contributed by atoms with Gasteiger partial charge in [0.1, 0.15) is 17.0 Å². The highest BCUT2D eigenvalue weighted by Crippen LogP contribution is 2.24. The second-order valence-electron chi connectivity index (χ2n) is 8.42. The van der Waals surface area contributed by atoms with Gasteiger partial charge < -0.3 is 10.3 Å². The van der Waals surface area contributed by atoms with Gasteiger partial charge in [0.25, 0.3) is 5.91 Å². The molecule has 0 unspecified atom stereocenters. The lowest BCUT2D eigenvalue weighted by molar-refractivity contribution is 0.0942. The van der Waals surface area contributed by atoms with Gasteiger partial charge in [0.2, 0.25) is 0 Å². The number of carbonyl (C=O) groups excluding carboxylic acids is 2. The normalized spacial score (nSPS) is 11.3. The number of pyridine rings is 2. The molecular formula is C24H26N6O2. The second kappa shape index (κ2) is 8.74. The number of nitrogens with zero attached hydrogens (tertiary/aromatic N) is 3. The lowest BCUT2D eigenvalue weighted by Crippen LogP contribution is -2.28. The van der Waals surface area contributed by atoms with E-state index in [1.165, 1.54) is 0 Å². The van der Waals surface area contributed by atoms with Crippen LogP contribution in [-0.4, -0.2) is 43.4 Å². The first kappa shape index (κ1) is 21.4. The van der Waals surface area contributed by atoms with Gasteiger partial charge in [-0.15, -0.1) is 0 Å².